The summed E-state index contributed by atoms with van der Waals surface area (Å²) >= 11 is 0. The van der Waals surface area contributed by atoms with Crippen LogP contribution in [0.15, 0.2) is 89.5 Å². The number of hydrogen-bond acceptors (Lipinski definition) is 4. The van der Waals surface area contributed by atoms with Crippen molar-refractivity contribution in [2.75, 3.05) is 16.9 Å². The third kappa shape index (κ3) is 4.75. The van der Waals surface area contributed by atoms with E-state index in [2.05, 4.69) is 10.4 Å². The van der Waals surface area contributed by atoms with Crippen molar-refractivity contribution in [2.24, 2.45) is 5.10 Å². The van der Waals surface area contributed by atoms with Crippen molar-refractivity contribution < 1.29 is 14.3 Å². The van der Waals surface area contributed by atoms with Crippen molar-refractivity contribution in [1.82, 2.24) is 0 Å². The highest BCUT2D eigenvalue weighted by Crippen LogP contribution is 2.27. The molecule has 0 aliphatic carbocycles. The molecular weight excluding hydrogens is 402 g/mol. The molecule has 6 heteroatoms. The van der Waals surface area contributed by atoms with Gasteiger partial charge >= 0.3 is 0 Å². The van der Waals surface area contributed by atoms with Gasteiger partial charge in [0.15, 0.2) is 6.61 Å². The van der Waals surface area contributed by atoms with E-state index in [-0.39, 0.29) is 18.4 Å². The first-order valence-corrected chi connectivity index (χ1v) is 10.3. The van der Waals surface area contributed by atoms with Gasteiger partial charge in [-0.05, 0) is 50.3 Å². The fourth-order valence-electron chi connectivity index (χ4n) is 3.29. The standard InChI is InChI=1S/C26H23N3O3/c1-18-12-14-21(15-13-18)27-25(30)17-32-24-11-7-6-8-20(24)16-23-19(2)28-29(26(23)31)22-9-4-3-5-10-22/h3-16H,17H2,1-2H3,(H,27,30)/b23-16+. The topological polar surface area (TPSA) is 71.0 Å². The van der Waals surface area contributed by atoms with Crippen molar-refractivity contribution in [3.8, 4) is 5.75 Å². The summed E-state index contributed by atoms with van der Waals surface area (Å²) in [7, 11) is 0. The third-order valence-electron chi connectivity index (χ3n) is 4.98. The van der Waals surface area contributed by atoms with Gasteiger partial charge in [0.1, 0.15) is 5.75 Å². The number of carbonyl (C=O) groups is 2. The van der Waals surface area contributed by atoms with E-state index in [0.29, 0.717) is 34.0 Å². The number of nitrogens with one attached hydrogen (secondary N) is 1. The Morgan fingerprint density at radius 1 is 0.969 bits per heavy atom. The van der Waals surface area contributed by atoms with Crippen molar-refractivity contribution in [2.45, 2.75) is 13.8 Å². The number of amides is 2. The summed E-state index contributed by atoms with van der Waals surface area (Å²) in [5, 5.41) is 8.60. The zero-order valence-electron chi connectivity index (χ0n) is 17.9. The van der Waals surface area contributed by atoms with E-state index in [0.717, 1.165) is 5.56 Å². The number of ether oxygens (including phenoxy) is 1. The molecule has 0 aromatic heterocycles. The molecule has 32 heavy (non-hydrogen) atoms. The lowest BCUT2D eigenvalue weighted by Crippen LogP contribution is -2.21. The molecule has 2 amide bonds. The van der Waals surface area contributed by atoms with Crippen LogP contribution in [0.3, 0.4) is 0 Å². The largest absolute Gasteiger partial charge is 0.483 e. The first-order chi connectivity index (χ1) is 15.5. The zero-order valence-corrected chi connectivity index (χ0v) is 17.9. The molecule has 160 valence electrons. The molecule has 0 fully saturated rings. The molecule has 4 rings (SSSR count). The van der Waals surface area contributed by atoms with E-state index in [9.17, 15) is 9.59 Å². The fraction of sp³-hybridized carbons (Fsp3) is 0.115. The maximum Gasteiger partial charge on any atom is 0.280 e. The van der Waals surface area contributed by atoms with Gasteiger partial charge in [-0.3, -0.25) is 9.59 Å². The second kappa shape index (κ2) is 9.31. The molecule has 0 atom stereocenters. The van der Waals surface area contributed by atoms with E-state index >= 15 is 0 Å². The monoisotopic (exact) mass is 425 g/mol. The molecule has 0 unspecified atom stereocenters. The number of rotatable bonds is 6. The van der Waals surface area contributed by atoms with Gasteiger partial charge in [0.2, 0.25) is 0 Å². The predicted octanol–water partition coefficient (Wildman–Crippen LogP) is 4.82. The molecule has 0 saturated carbocycles. The molecule has 0 radical (unpaired) electrons. The Labute approximate surface area is 186 Å². The van der Waals surface area contributed by atoms with Crippen LogP contribution in [0.1, 0.15) is 18.1 Å². The Hall–Kier alpha value is -4.19. The van der Waals surface area contributed by atoms with Gasteiger partial charge in [-0.15, -0.1) is 0 Å². The van der Waals surface area contributed by atoms with Crippen LogP contribution in [-0.2, 0) is 9.59 Å². The number of nitrogens with zero attached hydrogens (tertiary/aromatic N) is 2. The van der Waals surface area contributed by atoms with Crippen LogP contribution in [0, 0.1) is 6.92 Å². The van der Waals surface area contributed by atoms with E-state index in [1.54, 1.807) is 19.1 Å². The van der Waals surface area contributed by atoms with Crippen LogP contribution in [0.25, 0.3) is 6.08 Å². The lowest BCUT2D eigenvalue weighted by Gasteiger charge is -2.12. The summed E-state index contributed by atoms with van der Waals surface area (Å²) in [6.45, 7) is 3.64. The highest BCUT2D eigenvalue weighted by molar-refractivity contribution is 6.32. The van der Waals surface area contributed by atoms with Gasteiger partial charge in [-0.1, -0.05) is 54.1 Å². The van der Waals surface area contributed by atoms with Gasteiger partial charge in [0.25, 0.3) is 11.8 Å². The normalized spacial score (nSPS) is 14.4. The van der Waals surface area contributed by atoms with Gasteiger partial charge in [-0.2, -0.15) is 10.1 Å². The Balaban J connectivity index is 1.48. The predicted molar refractivity (Wildman–Crippen MR) is 127 cm³/mol. The maximum atomic E-state index is 13.0. The minimum absolute atomic E-state index is 0.148. The second-order valence-corrected chi connectivity index (χ2v) is 7.44. The zero-order chi connectivity index (χ0) is 22.5. The molecular formula is C26H23N3O3. The van der Waals surface area contributed by atoms with Crippen molar-refractivity contribution >= 4 is 35.0 Å². The maximum absolute atomic E-state index is 13.0. The average molecular weight is 425 g/mol. The second-order valence-electron chi connectivity index (χ2n) is 7.44. The first kappa shape index (κ1) is 21.1. The van der Waals surface area contributed by atoms with E-state index in [1.165, 1.54) is 5.01 Å². The summed E-state index contributed by atoms with van der Waals surface area (Å²) in [4.78, 5) is 25.3. The van der Waals surface area contributed by atoms with Crippen LogP contribution in [0.5, 0.6) is 5.75 Å². The van der Waals surface area contributed by atoms with Crippen molar-refractivity contribution in [3.05, 3.63) is 95.6 Å². The summed E-state index contributed by atoms with van der Waals surface area (Å²) in [5.74, 6) is 0.0414. The van der Waals surface area contributed by atoms with Crippen LogP contribution in [0.4, 0.5) is 11.4 Å². The molecule has 3 aromatic carbocycles. The van der Waals surface area contributed by atoms with Crippen LogP contribution in [-0.4, -0.2) is 24.1 Å². The molecule has 0 bridgehead atoms. The smallest absolute Gasteiger partial charge is 0.280 e. The number of para-hydroxylation sites is 2. The van der Waals surface area contributed by atoms with Crippen LogP contribution in [0.2, 0.25) is 0 Å². The third-order valence-corrected chi connectivity index (χ3v) is 4.98. The molecule has 1 aliphatic heterocycles. The summed E-state index contributed by atoms with van der Waals surface area (Å²) in [5.41, 5.74) is 4.33. The fourth-order valence-corrected chi connectivity index (χ4v) is 3.29. The number of aryl methyl sites for hydroxylation is 1. The van der Waals surface area contributed by atoms with E-state index in [1.807, 2.05) is 79.7 Å². The highest BCUT2D eigenvalue weighted by Gasteiger charge is 2.28. The lowest BCUT2D eigenvalue weighted by atomic mass is 10.1. The average Bonchev–Trinajstić information content (AvgIpc) is 3.09. The Bertz CT molecular complexity index is 1200. The van der Waals surface area contributed by atoms with Gasteiger partial charge < -0.3 is 10.1 Å². The summed E-state index contributed by atoms with van der Waals surface area (Å²) in [6, 6.07) is 24.1. The molecule has 1 heterocycles. The van der Waals surface area contributed by atoms with Gasteiger partial charge in [0.05, 0.1) is 17.0 Å². The number of hydrogen-bond donors (Lipinski definition) is 1. The number of carbonyl (C=O) groups excluding carboxylic acids is 2. The highest BCUT2D eigenvalue weighted by atomic mass is 16.5. The molecule has 1 aliphatic rings. The lowest BCUT2D eigenvalue weighted by molar-refractivity contribution is -0.118. The van der Waals surface area contributed by atoms with Crippen LogP contribution < -0.4 is 15.1 Å². The first-order valence-electron chi connectivity index (χ1n) is 10.3. The van der Waals surface area contributed by atoms with Crippen LogP contribution >= 0.6 is 0 Å². The summed E-state index contributed by atoms with van der Waals surface area (Å²) in [6.07, 6.45) is 1.75. The van der Waals surface area contributed by atoms with Crippen molar-refractivity contribution in [1.29, 1.82) is 0 Å². The van der Waals surface area contributed by atoms with Gasteiger partial charge in [-0.25, -0.2) is 0 Å². The number of anilines is 2. The van der Waals surface area contributed by atoms with Crippen molar-refractivity contribution in [3.63, 3.8) is 0 Å². The quantitative estimate of drug-likeness (QED) is 0.576. The molecule has 1 N–H and O–H groups in total. The Morgan fingerprint density at radius 3 is 2.41 bits per heavy atom. The van der Waals surface area contributed by atoms with Gasteiger partial charge in [0, 0.05) is 11.3 Å². The number of benzene rings is 3. The molecule has 3 aromatic rings. The minimum Gasteiger partial charge on any atom is -0.483 e. The van der Waals surface area contributed by atoms with E-state index in [4.69, 9.17) is 4.74 Å². The molecule has 0 saturated heterocycles. The Kier molecular flexibility index (Phi) is 6.12. The minimum atomic E-state index is -0.263. The summed E-state index contributed by atoms with van der Waals surface area (Å²) < 4.78 is 5.77. The Morgan fingerprint density at radius 2 is 1.66 bits per heavy atom. The number of hydrazone groups is 1. The molecule has 6 nitrogen and oxygen atoms in total. The molecule has 0 spiro atoms. The SMILES string of the molecule is CC1=NN(c2ccccc2)C(=O)/C1=C/c1ccccc1OCC(=O)Nc1ccc(C)cc1. The van der Waals surface area contributed by atoms with E-state index < -0.39 is 0 Å².